The lowest BCUT2D eigenvalue weighted by atomic mass is 9.96. The fourth-order valence-electron chi connectivity index (χ4n) is 3.66. The van der Waals surface area contributed by atoms with E-state index in [-0.39, 0.29) is 25.3 Å². The predicted octanol–water partition coefficient (Wildman–Crippen LogP) is 2.76. The number of ether oxygens (including phenoxy) is 1. The summed E-state index contributed by atoms with van der Waals surface area (Å²) in [5, 5.41) is 0. The molecule has 4 rings (SSSR count). The van der Waals surface area contributed by atoms with E-state index in [0.717, 1.165) is 22.2 Å². The number of rotatable bonds is 5. The first-order chi connectivity index (χ1) is 14.4. The zero-order valence-corrected chi connectivity index (χ0v) is 17.7. The Morgan fingerprint density at radius 1 is 1.07 bits per heavy atom. The SMILES string of the molecule is CCS(=O)(=O)N1Cc2ccccc2C[C@@H]1C(=O)OCc1nc2ccccc2nc1C. The number of aryl methyl sites for hydroxylation is 1. The van der Waals surface area contributed by atoms with Crippen LogP contribution in [0.2, 0.25) is 0 Å². The molecule has 30 heavy (non-hydrogen) atoms. The van der Waals surface area contributed by atoms with Crippen LogP contribution >= 0.6 is 0 Å². The number of para-hydroxylation sites is 2. The fraction of sp³-hybridized carbons (Fsp3) is 0.318. The summed E-state index contributed by atoms with van der Waals surface area (Å²) in [6.45, 7) is 3.50. The van der Waals surface area contributed by atoms with Gasteiger partial charge in [-0.2, -0.15) is 4.31 Å². The van der Waals surface area contributed by atoms with Crippen molar-refractivity contribution in [1.82, 2.24) is 14.3 Å². The molecule has 1 aromatic heterocycles. The first kappa shape index (κ1) is 20.4. The molecule has 0 saturated carbocycles. The largest absolute Gasteiger partial charge is 0.458 e. The number of benzene rings is 2. The van der Waals surface area contributed by atoms with Gasteiger partial charge in [-0.05, 0) is 37.1 Å². The molecule has 0 N–H and O–H groups in total. The van der Waals surface area contributed by atoms with Gasteiger partial charge in [0.05, 0.1) is 28.2 Å². The van der Waals surface area contributed by atoms with E-state index in [1.807, 2.05) is 55.5 Å². The lowest BCUT2D eigenvalue weighted by molar-refractivity contribution is -0.150. The summed E-state index contributed by atoms with van der Waals surface area (Å²) in [6.07, 6.45) is 0.288. The van der Waals surface area contributed by atoms with Gasteiger partial charge in [-0.3, -0.25) is 4.79 Å². The average molecular weight is 426 g/mol. The number of esters is 1. The Labute approximate surface area is 175 Å². The van der Waals surface area contributed by atoms with Crippen LogP contribution in [0.15, 0.2) is 48.5 Å². The van der Waals surface area contributed by atoms with Crippen LogP contribution in [0, 0.1) is 6.92 Å². The Kier molecular flexibility index (Phi) is 5.53. The van der Waals surface area contributed by atoms with E-state index >= 15 is 0 Å². The molecule has 0 saturated heterocycles. The molecule has 8 heteroatoms. The maximum Gasteiger partial charge on any atom is 0.325 e. The molecule has 0 spiro atoms. The third-order valence-corrected chi connectivity index (χ3v) is 7.22. The first-order valence-corrected chi connectivity index (χ1v) is 11.4. The average Bonchev–Trinajstić information content (AvgIpc) is 2.76. The van der Waals surface area contributed by atoms with Gasteiger partial charge in [0.25, 0.3) is 0 Å². The molecule has 1 aliphatic rings. The molecule has 156 valence electrons. The maximum atomic E-state index is 13.0. The summed E-state index contributed by atoms with van der Waals surface area (Å²) < 4.78 is 32.1. The van der Waals surface area contributed by atoms with E-state index in [1.165, 1.54) is 4.31 Å². The summed E-state index contributed by atoms with van der Waals surface area (Å²) >= 11 is 0. The fourth-order valence-corrected chi connectivity index (χ4v) is 4.87. The minimum absolute atomic E-state index is 0.0549. The molecule has 0 unspecified atom stereocenters. The van der Waals surface area contributed by atoms with E-state index in [4.69, 9.17) is 4.74 Å². The van der Waals surface area contributed by atoms with Crippen molar-refractivity contribution in [2.45, 2.75) is 39.5 Å². The lowest BCUT2D eigenvalue weighted by Gasteiger charge is -2.34. The number of aromatic nitrogens is 2. The highest BCUT2D eigenvalue weighted by Crippen LogP contribution is 2.27. The van der Waals surface area contributed by atoms with Gasteiger partial charge in [0.2, 0.25) is 10.0 Å². The maximum absolute atomic E-state index is 13.0. The second kappa shape index (κ2) is 8.12. The van der Waals surface area contributed by atoms with E-state index in [1.54, 1.807) is 6.92 Å². The van der Waals surface area contributed by atoms with Crippen molar-refractivity contribution in [3.63, 3.8) is 0 Å². The zero-order chi connectivity index (χ0) is 21.3. The summed E-state index contributed by atoms with van der Waals surface area (Å²) in [6, 6.07) is 14.2. The Morgan fingerprint density at radius 3 is 2.40 bits per heavy atom. The van der Waals surface area contributed by atoms with E-state index in [0.29, 0.717) is 11.4 Å². The predicted molar refractivity (Wildman–Crippen MR) is 113 cm³/mol. The molecule has 2 heterocycles. The van der Waals surface area contributed by atoms with Crippen molar-refractivity contribution in [1.29, 1.82) is 0 Å². The van der Waals surface area contributed by atoms with Gasteiger partial charge < -0.3 is 4.74 Å². The van der Waals surface area contributed by atoms with Crippen molar-refractivity contribution in [3.8, 4) is 0 Å². The molecule has 0 bridgehead atoms. The summed E-state index contributed by atoms with van der Waals surface area (Å²) in [5.41, 5.74) is 4.60. The minimum atomic E-state index is -3.57. The molecule has 2 aromatic carbocycles. The summed E-state index contributed by atoms with van der Waals surface area (Å²) in [7, 11) is -3.57. The highest BCUT2D eigenvalue weighted by Gasteiger charge is 2.39. The Hall–Kier alpha value is -2.84. The van der Waals surface area contributed by atoms with Crippen LogP contribution in [-0.2, 0) is 39.1 Å². The molecule has 1 atom stereocenters. The van der Waals surface area contributed by atoms with Crippen molar-refractivity contribution in [3.05, 3.63) is 71.0 Å². The Balaban J connectivity index is 1.57. The number of sulfonamides is 1. The van der Waals surface area contributed by atoms with Crippen LogP contribution in [0.5, 0.6) is 0 Å². The number of carbonyl (C=O) groups excluding carboxylic acids is 1. The molecular weight excluding hydrogens is 402 g/mol. The van der Waals surface area contributed by atoms with Gasteiger partial charge in [0, 0.05) is 13.0 Å². The van der Waals surface area contributed by atoms with E-state index in [9.17, 15) is 13.2 Å². The number of fused-ring (bicyclic) bond motifs is 2. The normalized spacial score (nSPS) is 16.9. The van der Waals surface area contributed by atoms with Gasteiger partial charge in [0.1, 0.15) is 12.6 Å². The topological polar surface area (TPSA) is 89.5 Å². The Bertz CT molecular complexity index is 1210. The van der Waals surface area contributed by atoms with Crippen LogP contribution in [-0.4, -0.2) is 40.5 Å². The van der Waals surface area contributed by atoms with Crippen molar-refractivity contribution < 1.29 is 17.9 Å². The van der Waals surface area contributed by atoms with Crippen molar-refractivity contribution in [2.24, 2.45) is 0 Å². The highest BCUT2D eigenvalue weighted by atomic mass is 32.2. The van der Waals surface area contributed by atoms with E-state index < -0.39 is 22.0 Å². The molecule has 0 aliphatic carbocycles. The summed E-state index contributed by atoms with van der Waals surface area (Å²) in [4.78, 5) is 22.0. The molecule has 1 aliphatic heterocycles. The van der Waals surface area contributed by atoms with Crippen LogP contribution < -0.4 is 0 Å². The van der Waals surface area contributed by atoms with Gasteiger partial charge in [0.15, 0.2) is 0 Å². The quantitative estimate of drug-likeness (QED) is 0.584. The van der Waals surface area contributed by atoms with Crippen LogP contribution in [0.4, 0.5) is 0 Å². The number of hydrogen-bond acceptors (Lipinski definition) is 6. The number of nitrogens with zero attached hydrogens (tertiary/aromatic N) is 3. The Morgan fingerprint density at radius 2 is 1.70 bits per heavy atom. The molecular formula is C22H23N3O4S. The monoisotopic (exact) mass is 425 g/mol. The van der Waals surface area contributed by atoms with Crippen LogP contribution in [0.1, 0.15) is 29.4 Å². The first-order valence-electron chi connectivity index (χ1n) is 9.84. The zero-order valence-electron chi connectivity index (χ0n) is 16.9. The third-order valence-electron chi connectivity index (χ3n) is 5.39. The second-order valence-corrected chi connectivity index (χ2v) is 9.50. The van der Waals surface area contributed by atoms with Gasteiger partial charge in [-0.1, -0.05) is 36.4 Å². The van der Waals surface area contributed by atoms with Gasteiger partial charge in [-0.25, -0.2) is 18.4 Å². The van der Waals surface area contributed by atoms with Crippen LogP contribution in [0.3, 0.4) is 0 Å². The smallest absolute Gasteiger partial charge is 0.325 e. The molecule has 7 nitrogen and oxygen atoms in total. The van der Waals surface area contributed by atoms with Gasteiger partial charge in [-0.15, -0.1) is 0 Å². The van der Waals surface area contributed by atoms with Gasteiger partial charge >= 0.3 is 5.97 Å². The molecule has 0 amide bonds. The molecule has 0 fully saturated rings. The van der Waals surface area contributed by atoms with E-state index in [2.05, 4.69) is 9.97 Å². The standard InChI is InChI=1S/C22H23N3O4S/c1-3-30(27,28)25-13-17-9-5-4-8-16(17)12-21(25)22(26)29-14-20-15(2)23-18-10-6-7-11-19(18)24-20/h4-11,21H,3,12-14H2,1-2H3/t21-/m1/s1. The lowest BCUT2D eigenvalue weighted by Crippen LogP contribution is -2.49. The minimum Gasteiger partial charge on any atom is -0.458 e. The summed E-state index contributed by atoms with van der Waals surface area (Å²) in [5.74, 6) is -0.648. The van der Waals surface area contributed by atoms with Crippen molar-refractivity contribution >= 4 is 27.0 Å². The highest BCUT2D eigenvalue weighted by molar-refractivity contribution is 7.89. The number of carbonyl (C=O) groups is 1. The van der Waals surface area contributed by atoms with Crippen molar-refractivity contribution in [2.75, 3.05) is 5.75 Å². The second-order valence-electron chi connectivity index (χ2n) is 7.29. The van der Waals surface area contributed by atoms with Crippen LogP contribution in [0.25, 0.3) is 11.0 Å². The molecule has 3 aromatic rings. The number of hydrogen-bond donors (Lipinski definition) is 0. The molecule has 0 radical (unpaired) electrons. The third kappa shape index (κ3) is 3.93.